The van der Waals surface area contributed by atoms with E-state index in [0.717, 1.165) is 30.9 Å². The third kappa shape index (κ3) is 4.91. The van der Waals surface area contributed by atoms with Crippen molar-refractivity contribution in [1.82, 2.24) is 9.80 Å². The fourth-order valence-electron chi connectivity index (χ4n) is 3.39. The zero-order valence-corrected chi connectivity index (χ0v) is 15.5. The van der Waals surface area contributed by atoms with Gasteiger partial charge in [-0.1, -0.05) is 48.5 Å². The molecular weight excluding hydrogens is 326 g/mol. The largest absolute Gasteiger partial charge is 0.374 e. The predicted molar refractivity (Wildman–Crippen MR) is 104 cm³/mol. The van der Waals surface area contributed by atoms with E-state index in [2.05, 4.69) is 15.1 Å². The summed E-state index contributed by atoms with van der Waals surface area (Å²) < 4.78 is 5.89. The van der Waals surface area contributed by atoms with Crippen molar-refractivity contribution in [2.24, 2.45) is 0 Å². The van der Waals surface area contributed by atoms with E-state index < -0.39 is 0 Å². The summed E-state index contributed by atoms with van der Waals surface area (Å²) in [5.41, 5.74) is 1.82. The van der Waals surface area contributed by atoms with Crippen LogP contribution < -0.4 is 5.32 Å². The van der Waals surface area contributed by atoms with E-state index in [4.69, 9.17) is 4.74 Å². The van der Waals surface area contributed by atoms with E-state index in [-0.39, 0.29) is 18.1 Å². The van der Waals surface area contributed by atoms with Crippen molar-refractivity contribution >= 4 is 11.6 Å². The molecule has 2 aromatic rings. The number of ether oxygens (including phenoxy) is 1. The van der Waals surface area contributed by atoms with E-state index in [0.29, 0.717) is 6.61 Å². The standard InChI is InChI=1S/C21H27N3O2/c1-23(2)15-19-16-24(13-14-26-19)20(17-9-5-3-6-10-17)21(25)22-18-11-7-4-8-12-18/h3-12,19-20H,13-16H2,1-2H3,(H,22,25). The van der Waals surface area contributed by atoms with Crippen LogP contribution in [0.25, 0.3) is 0 Å². The lowest BCUT2D eigenvalue weighted by molar-refractivity contribution is -0.125. The molecule has 138 valence electrons. The summed E-state index contributed by atoms with van der Waals surface area (Å²) in [6.07, 6.45) is 0.106. The molecule has 1 saturated heterocycles. The van der Waals surface area contributed by atoms with E-state index in [1.54, 1.807) is 0 Å². The fourth-order valence-corrected chi connectivity index (χ4v) is 3.39. The molecule has 1 aliphatic rings. The molecule has 2 aromatic carbocycles. The molecule has 0 radical (unpaired) electrons. The second-order valence-electron chi connectivity index (χ2n) is 6.92. The molecule has 1 fully saturated rings. The van der Waals surface area contributed by atoms with Crippen LogP contribution in [-0.4, -0.2) is 62.1 Å². The monoisotopic (exact) mass is 353 g/mol. The Hall–Kier alpha value is -2.21. The highest BCUT2D eigenvalue weighted by molar-refractivity contribution is 5.95. The highest BCUT2D eigenvalue weighted by Gasteiger charge is 2.32. The lowest BCUT2D eigenvalue weighted by Crippen LogP contribution is -2.50. The van der Waals surface area contributed by atoms with Crippen LogP contribution in [0.4, 0.5) is 5.69 Å². The van der Waals surface area contributed by atoms with E-state index >= 15 is 0 Å². The SMILES string of the molecule is CN(C)CC1CN(C(C(=O)Nc2ccccc2)c2ccccc2)CCO1. The molecule has 26 heavy (non-hydrogen) atoms. The van der Waals surface area contributed by atoms with Gasteiger partial charge >= 0.3 is 0 Å². The molecule has 0 spiro atoms. The summed E-state index contributed by atoms with van der Waals surface area (Å²) in [5.74, 6) is -0.00657. The molecule has 1 amide bonds. The van der Waals surface area contributed by atoms with Crippen molar-refractivity contribution in [3.63, 3.8) is 0 Å². The summed E-state index contributed by atoms with van der Waals surface area (Å²) in [6.45, 7) is 2.96. The van der Waals surface area contributed by atoms with Crippen molar-refractivity contribution < 1.29 is 9.53 Å². The summed E-state index contributed by atoms with van der Waals surface area (Å²) >= 11 is 0. The van der Waals surface area contributed by atoms with Crippen LogP contribution in [-0.2, 0) is 9.53 Å². The van der Waals surface area contributed by atoms with Crippen molar-refractivity contribution in [2.75, 3.05) is 45.7 Å². The number of carbonyl (C=O) groups is 1. The lowest BCUT2D eigenvalue weighted by Gasteiger charge is -2.38. The smallest absolute Gasteiger partial charge is 0.246 e. The molecule has 5 nitrogen and oxygen atoms in total. The number of likely N-dealkylation sites (N-methyl/N-ethyl adjacent to an activating group) is 1. The van der Waals surface area contributed by atoms with Gasteiger partial charge in [-0.15, -0.1) is 0 Å². The first-order valence-electron chi connectivity index (χ1n) is 9.05. The van der Waals surface area contributed by atoms with Gasteiger partial charge in [-0.25, -0.2) is 0 Å². The Morgan fingerprint density at radius 3 is 2.46 bits per heavy atom. The maximum absolute atomic E-state index is 13.1. The van der Waals surface area contributed by atoms with Gasteiger partial charge in [0.1, 0.15) is 6.04 Å². The topological polar surface area (TPSA) is 44.8 Å². The second kappa shape index (κ2) is 8.94. The minimum atomic E-state index is -0.329. The zero-order chi connectivity index (χ0) is 18.4. The van der Waals surface area contributed by atoms with E-state index in [1.807, 2.05) is 74.8 Å². The van der Waals surface area contributed by atoms with Crippen molar-refractivity contribution in [3.8, 4) is 0 Å². The number of anilines is 1. The number of carbonyl (C=O) groups excluding carboxylic acids is 1. The van der Waals surface area contributed by atoms with Gasteiger partial charge in [-0.3, -0.25) is 9.69 Å². The van der Waals surface area contributed by atoms with Crippen LogP contribution in [0.15, 0.2) is 60.7 Å². The first-order valence-corrected chi connectivity index (χ1v) is 9.05. The van der Waals surface area contributed by atoms with Crippen LogP contribution >= 0.6 is 0 Å². The molecule has 0 bridgehead atoms. The van der Waals surface area contributed by atoms with Crippen LogP contribution in [0.5, 0.6) is 0 Å². The molecule has 5 heteroatoms. The first kappa shape index (κ1) is 18.6. The normalized spacial score (nSPS) is 19.3. The lowest BCUT2D eigenvalue weighted by atomic mass is 10.0. The number of nitrogens with zero attached hydrogens (tertiary/aromatic N) is 2. The van der Waals surface area contributed by atoms with Crippen molar-refractivity contribution in [3.05, 3.63) is 66.2 Å². The molecule has 1 N–H and O–H groups in total. The maximum Gasteiger partial charge on any atom is 0.246 e. The number of amides is 1. The summed E-state index contributed by atoms with van der Waals surface area (Å²) in [6, 6.07) is 19.3. The Labute approximate surface area is 155 Å². The Morgan fingerprint density at radius 2 is 1.81 bits per heavy atom. The third-order valence-electron chi connectivity index (χ3n) is 4.51. The van der Waals surface area contributed by atoms with Gasteiger partial charge in [0, 0.05) is 25.3 Å². The predicted octanol–water partition coefficient (Wildman–Crippen LogP) is 2.63. The van der Waals surface area contributed by atoms with Crippen LogP contribution in [0, 0.1) is 0 Å². The molecule has 0 aromatic heterocycles. The van der Waals surface area contributed by atoms with E-state index in [9.17, 15) is 4.79 Å². The molecule has 2 unspecified atom stereocenters. The first-order chi connectivity index (χ1) is 12.6. The van der Waals surface area contributed by atoms with Gasteiger partial charge in [0.25, 0.3) is 0 Å². The van der Waals surface area contributed by atoms with Crippen molar-refractivity contribution in [1.29, 1.82) is 0 Å². The minimum Gasteiger partial charge on any atom is -0.374 e. The molecule has 1 heterocycles. The van der Waals surface area contributed by atoms with Gasteiger partial charge in [0.2, 0.25) is 5.91 Å². The molecule has 1 aliphatic heterocycles. The van der Waals surface area contributed by atoms with Crippen molar-refractivity contribution in [2.45, 2.75) is 12.1 Å². The van der Waals surface area contributed by atoms with Gasteiger partial charge in [-0.2, -0.15) is 0 Å². The van der Waals surface area contributed by atoms with Gasteiger partial charge in [0.15, 0.2) is 0 Å². The molecule has 3 rings (SSSR count). The zero-order valence-electron chi connectivity index (χ0n) is 15.5. The highest BCUT2D eigenvalue weighted by atomic mass is 16.5. The summed E-state index contributed by atoms with van der Waals surface area (Å²) in [4.78, 5) is 17.5. The van der Waals surface area contributed by atoms with Gasteiger partial charge < -0.3 is 15.0 Å². The second-order valence-corrected chi connectivity index (χ2v) is 6.92. The number of hydrogen-bond acceptors (Lipinski definition) is 4. The number of rotatable bonds is 6. The van der Waals surface area contributed by atoms with Crippen LogP contribution in [0.3, 0.4) is 0 Å². The van der Waals surface area contributed by atoms with Gasteiger partial charge in [-0.05, 0) is 31.8 Å². The minimum absolute atomic E-state index is 0.00657. The summed E-state index contributed by atoms with van der Waals surface area (Å²) in [5, 5.41) is 3.06. The average Bonchev–Trinajstić information content (AvgIpc) is 2.63. The molecule has 2 atom stereocenters. The van der Waals surface area contributed by atoms with Gasteiger partial charge in [0.05, 0.1) is 12.7 Å². The number of para-hydroxylation sites is 1. The average molecular weight is 353 g/mol. The third-order valence-corrected chi connectivity index (χ3v) is 4.51. The van der Waals surface area contributed by atoms with E-state index in [1.165, 1.54) is 0 Å². The number of nitrogens with one attached hydrogen (secondary N) is 1. The molecule has 0 aliphatic carbocycles. The van der Waals surface area contributed by atoms with Crippen LogP contribution in [0.2, 0.25) is 0 Å². The fraction of sp³-hybridized carbons (Fsp3) is 0.381. The Balaban J connectivity index is 1.80. The summed E-state index contributed by atoms with van der Waals surface area (Å²) in [7, 11) is 4.08. The number of morpholine rings is 1. The number of benzene rings is 2. The quantitative estimate of drug-likeness (QED) is 0.867. The molecular formula is C21H27N3O2. The Bertz CT molecular complexity index is 691. The van der Waals surface area contributed by atoms with Crippen LogP contribution in [0.1, 0.15) is 11.6 Å². The molecule has 0 saturated carbocycles. The number of hydrogen-bond donors (Lipinski definition) is 1. The maximum atomic E-state index is 13.1. The Morgan fingerprint density at radius 1 is 1.15 bits per heavy atom. The Kier molecular flexibility index (Phi) is 6.39. The highest BCUT2D eigenvalue weighted by Crippen LogP contribution is 2.25.